The molecule has 3 atom stereocenters. The highest BCUT2D eigenvalue weighted by Crippen LogP contribution is 2.33. The first kappa shape index (κ1) is 23.9. The Morgan fingerprint density at radius 3 is 2.14 bits per heavy atom. The van der Waals surface area contributed by atoms with Gasteiger partial charge in [0.05, 0.1) is 15.6 Å². The van der Waals surface area contributed by atoms with Crippen molar-refractivity contribution in [1.82, 2.24) is 0 Å². The van der Waals surface area contributed by atoms with Gasteiger partial charge in [-0.25, -0.2) is 0 Å². The van der Waals surface area contributed by atoms with Crippen molar-refractivity contribution < 1.29 is 23.7 Å². The van der Waals surface area contributed by atoms with Crippen LogP contribution in [-0.4, -0.2) is 31.3 Å². The van der Waals surface area contributed by atoms with E-state index in [-0.39, 0.29) is 14.1 Å². The van der Waals surface area contributed by atoms with Crippen molar-refractivity contribution >= 4 is 42.6 Å². The maximum atomic E-state index is 12.9. The van der Waals surface area contributed by atoms with Gasteiger partial charge in [-0.2, -0.15) is 0 Å². The highest BCUT2D eigenvalue weighted by Gasteiger charge is 2.19. The molecule has 0 amide bonds. The number of benzene rings is 2. The molecule has 5 nitrogen and oxygen atoms in total. The van der Waals surface area contributed by atoms with Gasteiger partial charge in [0.15, 0.2) is 18.1 Å². The van der Waals surface area contributed by atoms with Gasteiger partial charge in [-0.3, -0.25) is 4.79 Å². The van der Waals surface area contributed by atoms with E-state index in [1.807, 2.05) is 20.8 Å². The van der Waals surface area contributed by atoms with Crippen LogP contribution in [-0.2, 0) is 9.47 Å². The van der Waals surface area contributed by atoms with E-state index in [9.17, 15) is 4.79 Å². The predicted octanol–water partition coefficient (Wildman–Crippen LogP) is 5.66. The minimum absolute atomic E-state index is 0.175. The van der Waals surface area contributed by atoms with Crippen LogP contribution in [0.15, 0.2) is 36.4 Å². The Hall–Kier alpha value is -1.36. The minimum atomic E-state index is -0.484. The van der Waals surface area contributed by atoms with Gasteiger partial charge in [-0.1, -0.05) is 29.3 Å². The Morgan fingerprint density at radius 1 is 0.966 bits per heavy atom. The molecule has 0 bridgehead atoms. The average Bonchev–Trinajstić information content (AvgIpc) is 2.64. The van der Waals surface area contributed by atoms with Gasteiger partial charge in [0, 0.05) is 24.6 Å². The molecule has 0 aliphatic carbocycles. The molecular weight excluding hydrogens is 434 g/mol. The SMILES string of the molecule is CCOC(C)Oc1ccc(PC(=O)c2c(Cl)cccc2Cl)c(OC(C)OCC)c1. The first-order chi connectivity index (χ1) is 13.8. The van der Waals surface area contributed by atoms with Gasteiger partial charge in [0.1, 0.15) is 11.5 Å². The van der Waals surface area contributed by atoms with E-state index in [0.717, 1.165) is 0 Å². The summed E-state index contributed by atoms with van der Waals surface area (Å²) in [5.41, 5.74) is 0.133. The molecule has 0 fully saturated rings. The number of rotatable bonds is 11. The number of halogens is 2. The van der Waals surface area contributed by atoms with Crippen molar-refractivity contribution in [1.29, 1.82) is 0 Å². The molecule has 8 heteroatoms. The molecule has 0 heterocycles. The zero-order chi connectivity index (χ0) is 21.4. The summed E-state index contributed by atoms with van der Waals surface area (Å²) < 4.78 is 22.6. The number of hydrogen-bond donors (Lipinski definition) is 0. The topological polar surface area (TPSA) is 54.0 Å². The quantitative estimate of drug-likeness (QED) is 0.321. The fourth-order valence-electron chi connectivity index (χ4n) is 2.58. The van der Waals surface area contributed by atoms with Crippen molar-refractivity contribution in [2.24, 2.45) is 0 Å². The molecule has 158 valence electrons. The lowest BCUT2D eigenvalue weighted by Crippen LogP contribution is -2.20. The summed E-state index contributed by atoms with van der Waals surface area (Å²) in [4.78, 5) is 12.9. The summed E-state index contributed by atoms with van der Waals surface area (Å²) in [5, 5.41) is 1.35. The number of carbonyl (C=O) groups excluding carboxylic acids is 1. The molecule has 2 rings (SSSR count). The number of carbonyl (C=O) groups is 1. The van der Waals surface area contributed by atoms with Crippen molar-refractivity contribution in [3.63, 3.8) is 0 Å². The van der Waals surface area contributed by atoms with Crippen LogP contribution in [0.1, 0.15) is 38.1 Å². The molecule has 0 saturated carbocycles. The molecule has 3 unspecified atom stereocenters. The van der Waals surface area contributed by atoms with Gasteiger partial charge in [0.2, 0.25) is 0 Å². The molecule has 29 heavy (non-hydrogen) atoms. The van der Waals surface area contributed by atoms with Gasteiger partial charge in [-0.15, -0.1) is 0 Å². The highest BCUT2D eigenvalue weighted by atomic mass is 35.5. The summed E-state index contributed by atoms with van der Waals surface area (Å²) in [7, 11) is -0.234. The third kappa shape index (κ3) is 7.13. The first-order valence-electron chi connectivity index (χ1n) is 9.31. The second-order valence-electron chi connectivity index (χ2n) is 5.99. The second-order valence-corrected chi connectivity index (χ2v) is 8.05. The van der Waals surface area contributed by atoms with E-state index in [0.29, 0.717) is 45.6 Å². The molecule has 0 saturated heterocycles. The fourth-order valence-corrected chi connectivity index (χ4v) is 4.37. The number of ether oxygens (including phenoxy) is 4. The Balaban J connectivity index is 2.29. The molecule has 0 spiro atoms. The van der Waals surface area contributed by atoms with Crippen LogP contribution in [0.2, 0.25) is 10.0 Å². The zero-order valence-electron chi connectivity index (χ0n) is 16.8. The van der Waals surface area contributed by atoms with Crippen molar-refractivity contribution in [3.8, 4) is 11.5 Å². The van der Waals surface area contributed by atoms with E-state index in [2.05, 4.69) is 0 Å². The van der Waals surface area contributed by atoms with Crippen LogP contribution >= 0.6 is 31.8 Å². The predicted molar refractivity (Wildman–Crippen MR) is 119 cm³/mol. The van der Waals surface area contributed by atoms with Crippen molar-refractivity contribution in [2.75, 3.05) is 13.2 Å². The maximum Gasteiger partial charge on any atom is 0.196 e. The van der Waals surface area contributed by atoms with Crippen LogP contribution in [0.4, 0.5) is 0 Å². The standard InChI is InChI=1S/C21H25Cl2O5P/c1-5-25-13(3)27-15-10-11-19(18(12-15)28-14(4)26-6-2)29-21(24)20-16(22)8-7-9-17(20)23/h7-14,29H,5-6H2,1-4H3. The van der Waals surface area contributed by atoms with Crippen molar-refractivity contribution in [3.05, 3.63) is 52.0 Å². The Morgan fingerprint density at radius 2 is 1.55 bits per heavy atom. The summed E-state index contributed by atoms with van der Waals surface area (Å²) in [6.07, 6.45) is -0.892. The fraction of sp³-hybridized carbons (Fsp3) is 0.381. The molecule has 0 aromatic heterocycles. The highest BCUT2D eigenvalue weighted by molar-refractivity contribution is 7.66. The molecule has 0 radical (unpaired) electrons. The molecule has 2 aromatic rings. The van der Waals surface area contributed by atoms with Crippen LogP contribution in [0.3, 0.4) is 0 Å². The molecule has 0 N–H and O–H groups in total. The Kier molecular flexibility index (Phi) is 9.67. The van der Waals surface area contributed by atoms with Gasteiger partial charge in [0.25, 0.3) is 0 Å². The van der Waals surface area contributed by atoms with E-state index in [1.165, 1.54) is 0 Å². The summed E-state index contributed by atoms with van der Waals surface area (Å²) >= 11 is 12.4. The van der Waals surface area contributed by atoms with Crippen molar-refractivity contribution in [2.45, 2.75) is 40.3 Å². The Labute approximate surface area is 183 Å². The van der Waals surface area contributed by atoms with E-state index in [4.69, 9.17) is 42.1 Å². The van der Waals surface area contributed by atoms with E-state index >= 15 is 0 Å². The third-order valence-corrected chi connectivity index (χ3v) is 5.58. The smallest absolute Gasteiger partial charge is 0.196 e. The van der Waals surface area contributed by atoms with Crippen LogP contribution in [0.5, 0.6) is 11.5 Å². The lowest BCUT2D eigenvalue weighted by Gasteiger charge is -2.20. The lowest BCUT2D eigenvalue weighted by atomic mass is 10.2. The number of hydrogen-bond acceptors (Lipinski definition) is 5. The van der Waals surface area contributed by atoms with Crippen LogP contribution in [0.25, 0.3) is 0 Å². The molecule has 0 aliphatic heterocycles. The average molecular weight is 459 g/mol. The van der Waals surface area contributed by atoms with E-state index in [1.54, 1.807) is 43.3 Å². The summed E-state index contributed by atoms with van der Waals surface area (Å²) in [6, 6.07) is 10.3. The summed E-state index contributed by atoms with van der Waals surface area (Å²) in [6.45, 7) is 8.43. The zero-order valence-corrected chi connectivity index (χ0v) is 19.3. The maximum absolute atomic E-state index is 12.9. The van der Waals surface area contributed by atoms with Crippen LogP contribution in [0, 0.1) is 0 Å². The monoisotopic (exact) mass is 458 g/mol. The Bertz CT molecular complexity index is 810. The molecule has 0 aliphatic rings. The summed E-state index contributed by atoms with van der Waals surface area (Å²) in [5.74, 6) is 1.07. The van der Waals surface area contributed by atoms with Gasteiger partial charge in [-0.05, 0) is 60.5 Å². The first-order valence-corrected chi connectivity index (χ1v) is 11.1. The minimum Gasteiger partial charge on any atom is -0.465 e. The second kappa shape index (κ2) is 11.7. The third-order valence-electron chi connectivity index (χ3n) is 3.79. The van der Waals surface area contributed by atoms with Gasteiger partial charge >= 0.3 is 0 Å². The van der Waals surface area contributed by atoms with Crippen LogP contribution < -0.4 is 14.8 Å². The molecular formula is C21H25Cl2O5P. The van der Waals surface area contributed by atoms with E-state index < -0.39 is 12.6 Å². The normalized spacial score (nSPS) is 13.4. The largest absolute Gasteiger partial charge is 0.465 e. The lowest BCUT2D eigenvalue weighted by molar-refractivity contribution is -0.0646. The molecule has 2 aromatic carbocycles. The van der Waals surface area contributed by atoms with Gasteiger partial charge < -0.3 is 18.9 Å².